The van der Waals surface area contributed by atoms with E-state index < -0.39 is 28.8 Å². The second kappa shape index (κ2) is 11.7. The van der Waals surface area contributed by atoms with Crippen molar-refractivity contribution in [1.29, 1.82) is 0 Å². The molecule has 0 amide bonds. The number of carbonyl (C=O) groups is 1. The van der Waals surface area contributed by atoms with Crippen LogP contribution in [0.25, 0.3) is 5.57 Å². The fourth-order valence-electron chi connectivity index (χ4n) is 3.92. The van der Waals surface area contributed by atoms with Crippen molar-refractivity contribution in [2.45, 2.75) is 65.9 Å². The number of nitrogens with zero attached hydrogens (tertiary/aromatic N) is 1. The summed E-state index contributed by atoms with van der Waals surface area (Å²) in [5, 5.41) is 30.2. The largest absolute Gasteiger partial charge is 0.506 e. The number of aromatic hydroxyl groups is 1. The van der Waals surface area contributed by atoms with Crippen molar-refractivity contribution < 1.29 is 20.2 Å². The minimum absolute atomic E-state index is 0.223. The minimum atomic E-state index is -0.976. The van der Waals surface area contributed by atoms with Gasteiger partial charge in [0, 0.05) is 5.56 Å². The van der Waals surface area contributed by atoms with Crippen LogP contribution in [-0.2, 0) is 0 Å². The minimum Gasteiger partial charge on any atom is -0.506 e. The highest BCUT2D eigenvalue weighted by Crippen LogP contribution is 2.33. The molecule has 0 fully saturated rings. The number of hydrogen-bond acceptors (Lipinski definition) is 5. The van der Waals surface area contributed by atoms with E-state index in [1.165, 1.54) is 12.2 Å². The van der Waals surface area contributed by atoms with Crippen LogP contribution in [0, 0.1) is 11.8 Å². The van der Waals surface area contributed by atoms with E-state index in [0.29, 0.717) is 41.4 Å². The molecule has 32 heavy (non-hydrogen) atoms. The van der Waals surface area contributed by atoms with Gasteiger partial charge in [0.2, 0.25) is 0 Å². The first-order chi connectivity index (χ1) is 15.1. The molecule has 6 nitrogen and oxygen atoms in total. The van der Waals surface area contributed by atoms with Crippen molar-refractivity contribution in [3.05, 3.63) is 69.7 Å². The van der Waals surface area contributed by atoms with Crippen LogP contribution in [0.15, 0.2) is 53.0 Å². The molecule has 6 heteroatoms. The SMILES string of the molecule is CCC(C)CC(C)/C=C(C)/C=C/C=C/C(=O)c1c(O)c(C2=CC[C@@H](O)CC2)cn(O)c1=O. The Balaban J connectivity index is 2.18. The third kappa shape index (κ3) is 6.82. The molecule has 1 aromatic rings. The fourth-order valence-corrected chi connectivity index (χ4v) is 3.92. The normalized spacial score (nSPS) is 19.3. The van der Waals surface area contributed by atoms with Crippen LogP contribution in [-0.4, -0.2) is 32.0 Å². The van der Waals surface area contributed by atoms with Gasteiger partial charge in [-0.2, -0.15) is 4.73 Å². The smallest absolute Gasteiger partial charge is 0.297 e. The zero-order valence-electron chi connectivity index (χ0n) is 19.4. The van der Waals surface area contributed by atoms with Gasteiger partial charge < -0.3 is 15.4 Å². The van der Waals surface area contributed by atoms with Crippen molar-refractivity contribution in [2.24, 2.45) is 11.8 Å². The molecular weight excluding hydrogens is 406 g/mol. The Morgan fingerprint density at radius 3 is 2.59 bits per heavy atom. The van der Waals surface area contributed by atoms with Crippen LogP contribution in [0.1, 0.15) is 75.7 Å². The molecule has 0 saturated heterocycles. The van der Waals surface area contributed by atoms with Gasteiger partial charge in [0.25, 0.3) is 5.56 Å². The Labute approximate surface area is 189 Å². The third-order valence-corrected chi connectivity index (χ3v) is 5.88. The number of rotatable bonds is 9. The number of ketones is 1. The van der Waals surface area contributed by atoms with Crippen molar-refractivity contribution in [3.8, 4) is 5.75 Å². The van der Waals surface area contributed by atoms with E-state index >= 15 is 0 Å². The highest BCUT2D eigenvalue weighted by molar-refractivity contribution is 6.07. The van der Waals surface area contributed by atoms with Crippen LogP contribution in [0.3, 0.4) is 0 Å². The maximum absolute atomic E-state index is 12.6. The summed E-state index contributed by atoms with van der Waals surface area (Å²) in [6, 6.07) is 0. The molecule has 174 valence electrons. The molecule has 3 atom stereocenters. The number of aliphatic hydroxyl groups excluding tert-OH is 1. The molecule has 2 rings (SSSR count). The second-order valence-electron chi connectivity index (χ2n) is 8.79. The Bertz CT molecular complexity index is 996. The van der Waals surface area contributed by atoms with Gasteiger partial charge in [0.1, 0.15) is 11.3 Å². The monoisotopic (exact) mass is 441 g/mol. The number of allylic oxidation sites excluding steroid dienone is 7. The lowest BCUT2D eigenvalue weighted by Gasteiger charge is -2.19. The third-order valence-electron chi connectivity index (χ3n) is 5.88. The van der Waals surface area contributed by atoms with E-state index in [9.17, 15) is 25.0 Å². The van der Waals surface area contributed by atoms with Gasteiger partial charge in [0.05, 0.1) is 12.3 Å². The molecule has 0 radical (unpaired) electrons. The zero-order valence-corrected chi connectivity index (χ0v) is 19.4. The van der Waals surface area contributed by atoms with Crippen LogP contribution in [0.5, 0.6) is 5.75 Å². The molecule has 1 aliphatic rings. The van der Waals surface area contributed by atoms with E-state index in [0.717, 1.165) is 24.6 Å². The number of carbonyl (C=O) groups excluding carboxylic acids is 1. The van der Waals surface area contributed by atoms with Crippen molar-refractivity contribution in [1.82, 2.24) is 4.73 Å². The highest BCUT2D eigenvalue weighted by atomic mass is 16.5. The summed E-state index contributed by atoms with van der Waals surface area (Å²) in [5.74, 6) is -0.0105. The number of hydrogen-bond donors (Lipinski definition) is 3. The molecule has 1 aliphatic carbocycles. The first-order valence-corrected chi connectivity index (χ1v) is 11.3. The van der Waals surface area contributed by atoms with Gasteiger partial charge in [-0.05, 0) is 56.1 Å². The summed E-state index contributed by atoms with van der Waals surface area (Å²) < 4.78 is 0.323. The summed E-state index contributed by atoms with van der Waals surface area (Å²) in [6.07, 6.45) is 14.6. The number of pyridine rings is 1. The van der Waals surface area contributed by atoms with Crippen molar-refractivity contribution in [3.63, 3.8) is 0 Å². The average Bonchev–Trinajstić information content (AvgIpc) is 2.74. The topological polar surface area (TPSA) is 99.8 Å². The standard InChI is InChI=1S/C26H35NO5/c1-5-17(2)14-19(4)15-18(3)8-6-7-9-23(29)24-25(30)22(16-27(32)26(24)31)20-10-12-21(28)13-11-20/h6-10,15-17,19,21,28,30,32H,5,11-14H2,1-4H3/b8-6+,9-7+,18-15+/t17?,19?,21-/m1/s1. The number of aromatic nitrogens is 1. The van der Waals surface area contributed by atoms with E-state index in [1.54, 1.807) is 12.2 Å². The predicted octanol–water partition coefficient (Wildman–Crippen LogP) is 5.03. The number of aliphatic hydroxyl groups is 1. The van der Waals surface area contributed by atoms with Crippen LogP contribution >= 0.6 is 0 Å². The average molecular weight is 442 g/mol. The molecule has 3 N–H and O–H groups in total. The van der Waals surface area contributed by atoms with E-state index in [-0.39, 0.29) is 5.56 Å². The molecular formula is C26H35NO5. The van der Waals surface area contributed by atoms with Gasteiger partial charge in [-0.25, -0.2) is 0 Å². The molecule has 0 saturated carbocycles. The van der Waals surface area contributed by atoms with Gasteiger partial charge in [-0.1, -0.05) is 63.1 Å². The molecule has 0 aliphatic heterocycles. The van der Waals surface area contributed by atoms with Gasteiger partial charge in [-0.3, -0.25) is 9.59 Å². The van der Waals surface area contributed by atoms with Crippen molar-refractivity contribution >= 4 is 11.4 Å². The summed E-state index contributed by atoms with van der Waals surface area (Å²) in [7, 11) is 0. The zero-order chi connectivity index (χ0) is 23.8. The molecule has 2 unspecified atom stereocenters. The lowest BCUT2D eigenvalue weighted by molar-refractivity contribution is 0.103. The lowest BCUT2D eigenvalue weighted by atomic mass is 9.91. The molecule has 1 aromatic heterocycles. The summed E-state index contributed by atoms with van der Waals surface area (Å²) in [5.41, 5.74) is 0.528. The highest BCUT2D eigenvalue weighted by Gasteiger charge is 2.23. The first-order valence-electron chi connectivity index (χ1n) is 11.3. The van der Waals surface area contributed by atoms with E-state index in [2.05, 4.69) is 26.8 Å². The predicted molar refractivity (Wildman–Crippen MR) is 127 cm³/mol. The quantitative estimate of drug-likeness (QED) is 0.216. The molecule has 0 aromatic carbocycles. The fraction of sp³-hybridized carbons (Fsp3) is 0.462. The Morgan fingerprint density at radius 1 is 1.28 bits per heavy atom. The Morgan fingerprint density at radius 2 is 1.97 bits per heavy atom. The van der Waals surface area contributed by atoms with Gasteiger partial charge in [0.15, 0.2) is 5.78 Å². The summed E-state index contributed by atoms with van der Waals surface area (Å²) in [4.78, 5) is 24.9. The van der Waals surface area contributed by atoms with Crippen LogP contribution in [0.4, 0.5) is 0 Å². The first kappa shape index (κ1) is 25.4. The lowest BCUT2D eigenvalue weighted by Crippen LogP contribution is -2.25. The summed E-state index contributed by atoms with van der Waals surface area (Å²) in [6.45, 7) is 8.60. The Kier molecular flexibility index (Phi) is 9.27. The maximum atomic E-state index is 12.6. The summed E-state index contributed by atoms with van der Waals surface area (Å²) >= 11 is 0. The second-order valence-corrected chi connectivity index (χ2v) is 8.79. The van der Waals surface area contributed by atoms with Crippen LogP contribution < -0.4 is 5.56 Å². The van der Waals surface area contributed by atoms with E-state index in [1.807, 2.05) is 13.0 Å². The van der Waals surface area contributed by atoms with E-state index in [4.69, 9.17) is 0 Å². The maximum Gasteiger partial charge on any atom is 0.297 e. The molecule has 1 heterocycles. The molecule has 0 bridgehead atoms. The van der Waals surface area contributed by atoms with Gasteiger partial charge in [-0.15, -0.1) is 0 Å². The van der Waals surface area contributed by atoms with Crippen molar-refractivity contribution in [2.75, 3.05) is 0 Å². The van der Waals surface area contributed by atoms with Gasteiger partial charge >= 0.3 is 0 Å². The molecule has 0 spiro atoms. The Hall–Kier alpha value is -2.86. The van der Waals surface area contributed by atoms with Crippen LogP contribution in [0.2, 0.25) is 0 Å².